The molecule has 0 saturated heterocycles. The van der Waals surface area contributed by atoms with E-state index in [0.29, 0.717) is 0 Å². The Morgan fingerprint density at radius 2 is 0.732 bits per heavy atom. The van der Waals surface area contributed by atoms with E-state index in [1.807, 2.05) is 0 Å². The molecule has 0 bridgehead atoms. The third kappa shape index (κ3) is 9.38. The summed E-state index contributed by atoms with van der Waals surface area (Å²) in [5.41, 5.74) is 8.56. The van der Waals surface area contributed by atoms with Crippen LogP contribution in [0.4, 0.5) is 0 Å². The Bertz CT molecular complexity index is 2250. The molecule has 0 unspecified atom stereocenters. The van der Waals surface area contributed by atoms with E-state index < -0.39 is 0 Å². The fraction of sp³-hybridized carbons (Fsp3) is 0.245. The molecule has 2 aliphatic carbocycles. The Kier molecular flexibility index (Phi) is 16.1. The molecule has 3 heteroatoms. The summed E-state index contributed by atoms with van der Waals surface area (Å²) in [6.07, 6.45) is 14.6. The second-order valence-electron chi connectivity index (χ2n) is 15.3. The molecule has 0 N–H and O–H groups in total. The van der Waals surface area contributed by atoms with Crippen LogP contribution >= 0.6 is 0 Å². The maximum atomic E-state index is 3.38. The Balaban J connectivity index is 0.000000191. The van der Waals surface area contributed by atoms with Gasteiger partial charge >= 0.3 is 21.7 Å². The maximum Gasteiger partial charge on any atom is 2.00 e. The first-order valence-electron chi connectivity index (χ1n) is 20.2. The van der Waals surface area contributed by atoms with Gasteiger partial charge in [-0.3, -0.25) is 0 Å². The van der Waals surface area contributed by atoms with Crippen molar-refractivity contribution in [1.82, 2.24) is 0 Å². The van der Waals surface area contributed by atoms with Gasteiger partial charge in [0.05, 0.1) is 0 Å². The summed E-state index contributed by atoms with van der Waals surface area (Å²) in [7, 11) is 0. The normalized spacial score (nSPS) is 14.5. The van der Waals surface area contributed by atoms with Crippen LogP contribution in [0.15, 0.2) is 146 Å². The van der Waals surface area contributed by atoms with Crippen LogP contribution in [0.25, 0.3) is 65.3 Å². The first-order valence-corrected chi connectivity index (χ1v) is 20.2. The number of rotatable bonds is 4. The molecule has 0 radical (unpaired) electrons. The zero-order valence-electron chi connectivity index (χ0n) is 32.5. The van der Waals surface area contributed by atoms with Crippen molar-refractivity contribution in [1.29, 1.82) is 0 Å². The van der Waals surface area contributed by atoms with Crippen molar-refractivity contribution < 1.29 is 46.5 Å². The third-order valence-corrected chi connectivity index (χ3v) is 11.9. The topological polar surface area (TPSA) is 0 Å². The van der Waals surface area contributed by atoms with Gasteiger partial charge in [-0.25, -0.2) is 0 Å². The average molecular weight is 808 g/mol. The number of halogens is 2. The molecule has 0 amide bonds. The van der Waals surface area contributed by atoms with Gasteiger partial charge in [0.1, 0.15) is 0 Å². The average Bonchev–Trinajstić information content (AvgIpc) is 3.87. The first kappa shape index (κ1) is 43.5. The number of fused-ring (bicyclic) bond motifs is 4. The van der Waals surface area contributed by atoms with Gasteiger partial charge in [0, 0.05) is 0 Å². The van der Waals surface area contributed by atoms with E-state index in [-0.39, 0.29) is 46.5 Å². The summed E-state index contributed by atoms with van der Waals surface area (Å²) in [4.78, 5) is 0. The van der Waals surface area contributed by atoms with Crippen molar-refractivity contribution in [3.05, 3.63) is 171 Å². The van der Waals surface area contributed by atoms with Gasteiger partial charge in [-0.15, -0.1) is 69.1 Å². The Hall–Kier alpha value is -3.65. The van der Waals surface area contributed by atoms with E-state index in [1.165, 1.54) is 130 Å². The van der Waals surface area contributed by atoms with Gasteiger partial charge in [0.2, 0.25) is 0 Å². The van der Waals surface area contributed by atoms with Crippen LogP contribution in [0.1, 0.15) is 93.6 Å². The molecule has 2 aliphatic rings. The molecule has 2 fully saturated rings. The summed E-state index contributed by atoms with van der Waals surface area (Å²) >= 11 is 0. The van der Waals surface area contributed by atoms with E-state index in [2.05, 4.69) is 159 Å². The molecule has 0 nitrogen and oxygen atoms in total. The van der Waals surface area contributed by atoms with Gasteiger partial charge in [0.25, 0.3) is 0 Å². The summed E-state index contributed by atoms with van der Waals surface area (Å²) < 4.78 is 0. The molecular formula is C53H52Cl2Ti-4. The quantitative estimate of drug-likeness (QED) is 0.123. The number of hydrogen-bond donors (Lipinski definition) is 0. The van der Waals surface area contributed by atoms with Gasteiger partial charge in [-0.1, -0.05) is 147 Å². The molecule has 0 heterocycles. The SMILES string of the molecule is [CH2-]C[CH2-].[Cl-].[Cl-].[Ti+2].c1ccc2c(-c3cccc4[cH-]c(C5CCCCC5)cc34)cccc2c1.c1ccc2c(-c3cccc4[cH-]c(C5CCCCC5)cc34)cccc2c1. The Morgan fingerprint density at radius 3 is 1.12 bits per heavy atom. The minimum Gasteiger partial charge on any atom is -1.00 e. The summed E-state index contributed by atoms with van der Waals surface area (Å²) in [5, 5.41) is 10.9. The van der Waals surface area contributed by atoms with Gasteiger partial charge in [0.15, 0.2) is 0 Å². The first-order chi connectivity index (χ1) is 26.2. The predicted molar refractivity (Wildman–Crippen MR) is 232 cm³/mol. The molecule has 2 saturated carbocycles. The fourth-order valence-corrected chi connectivity index (χ4v) is 9.25. The second kappa shape index (κ2) is 20.7. The van der Waals surface area contributed by atoms with Crippen LogP contribution in [0, 0.1) is 13.8 Å². The van der Waals surface area contributed by atoms with E-state index in [9.17, 15) is 0 Å². The van der Waals surface area contributed by atoms with Gasteiger partial charge < -0.3 is 45.1 Å². The van der Waals surface area contributed by atoms with Crippen molar-refractivity contribution in [2.45, 2.75) is 82.5 Å². The predicted octanol–water partition coefficient (Wildman–Crippen LogP) is 9.90. The van der Waals surface area contributed by atoms with Gasteiger partial charge in [-0.05, 0) is 70.2 Å². The van der Waals surface area contributed by atoms with Crippen LogP contribution in [0.2, 0.25) is 0 Å². The summed E-state index contributed by atoms with van der Waals surface area (Å²) in [6.45, 7) is 6.75. The Morgan fingerprint density at radius 1 is 0.411 bits per heavy atom. The fourth-order valence-electron chi connectivity index (χ4n) is 9.25. The molecule has 286 valence electrons. The second-order valence-corrected chi connectivity index (χ2v) is 15.3. The molecule has 8 aromatic carbocycles. The smallest absolute Gasteiger partial charge is 1.00 e. The molecule has 56 heavy (non-hydrogen) atoms. The van der Waals surface area contributed by atoms with Crippen LogP contribution in [-0.4, -0.2) is 0 Å². The number of hydrogen-bond acceptors (Lipinski definition) is 0. The maximum absolute atomic E-state index is 3.38. The molecular weight excluding hydrogens is 755 g/mol. The van der Waals surface area contributed by atoms with Crippen molar-refractivity contribution in [2.24, 2.45) is 0 Å². The number of benzene rings is 6. The van der Waals surface area contributed by atoms with Crippen molar-refractivity contribution >= 4 is 43.1 Å². The van der Waals surface area contributed by atoms with E-state index in [4.69, 9.17) is 0 Å². The van der Waals surface area contributed by atoms with E-state index in [0.717, 1.165) is 18.3 Å². The van der Waals surface area contributed by atoms with Gasteiger partial charge in [-0.2, -0.15) is 12.1 Å². The third-order valence-electron chi connectivity index (χ3n) is 11.9. The zero-order chi connectivity index (χ0) is 36.0. The van der Waals surface area contributed by atoms with Crippen LogP contribution in [-0.2, 0) is 21.7 Å². The van der Waals surface area contributed by atoms with Crippen molar-refractivity contribution in [2.75, 3.05) is 0 Å². The minimum atomic E-state index is 0. The molecule has 8 aromatic rings. The molecule has 10 rings (SSSR count). The van der Waals surface area contributed by atoms with E-state index in [1.54, 1.807) is 11.1 Å². The Labute approximate surface area is 362 Å². The molecule has 0 aromatic heterocycles. The van der Waals surface area contributed by atoms with Crippen LogP contribution < -0.4 is 24.8 Å². The van der Waals surface area contributed by atoms with Crippen LogP contribution in [0.5, 0.6) is 0 Å². The summed E-state index contributed by atoms with van der Waals surface area (Å²) in [6, 6.07) is 54.1. The van der Waals surface area contributed by atoms with Crippen molar-refractivity contribution in [3.8, 4) is 22.3 Å². The molecule has 0 aliphatic heterocycles. The minimum absolute atomic E-state index is 0. The molecule has 0 atom stereocenters. The van der Waals surface area contributed by atoms with Crippen LogP contribution in [0.3, 0.4) is 0 Å². The van der Waals surface area contributed by atoms with Crippen molar-refractivity contribution in [3.63, 3.8) is 0 Å². The standard InChI is InChI=1S/2C25H23.C3H6.2ClH.Ti/c2*1-2-8-18(9-3-1)21-16-20-12-7-15-24(25(20)17-21)23-14-6-11-19-10-4-5-13-22(19)23;1-3-2;;;/h2*4-7,10-18H,1-3,8-9H2;1-3H2;2*1H;/q2*-1;-2;;;+2/p-2. The monoisotopic (exact) mass is 806 g/mol. The van der Waals surface area contributed by atoms with E-state index >= 15 is 0 Å². The molecule has 0 spiro atoms. The largest absolute Gasteiger partial charge is 2.00 e. The summed E-state index contributed by atoms with van der Waals surface area (Å²) in [5.74, 6) is 1.53. The zero-order valence-corrected chi connectivity index (χ0v) is 35.5.